The predicted molar refractivity (Wildman–Crippen MR) is 73.9 cm³/mol. The van der Waals surface area contributed by atoms with Crippen LogP contribution in [0, 0.1) is 0 Å². The average molecular weight is 276 g/mol. The fraction of sp³-hybridized carbons (Fsp3) is 0.154. The first-order valence-corrected chi connectivity index (χ1v) is 6.04. The van der Waals surface area contributed by atoms with Crippen LogP contribution in [0.3, 0.4) is 0 Å². The summed E-state index contributed by atoms with van der Waals surface area (Å²) >= 11 is 6.31. The summed E-state index contributed by atoms with van der Waals surface area (Å²) in [6.07, 6.45) is 0. The highest BCUT2D eigenvalue weighted by Crippen LogP contribution is 2.32. The van der Waals surface area contributed by atoms with Gasteiger partial charge in [0.1, 0.15) is 5.56 Å². The number of halogens is 1. The van der Waals surface area contributed by atoms with Gasteiger partial charge in [0.05, 0.1) is 10.5 Å². The van der Waals surface area contributed by atoms with Gasteiger partial charge in [0.15, 0.2) is 5.82 Å². The molecule has 1 aromatic rings. The number of benzene rings is 1. The smallest absolute Gasteiger partial charge is 0.328 e. The maximum Gasteiger partial charge on any atom is 0.352 e. The highest BCUT2D eigenvalue weighted by molar-refractivity contribution is 6.38. The van der Waals surface area contributed by atoms with E-state index >= 15 is 0 Å². The van der Waals surface area contributed by atoms with Crippen molar-refractivity contribution in [3.8, 4) is 11.4 Å². The Morgan fingerprint density at radius 1 is 1.11 bits per heavy atom. The van der Waals surface area contributed by atoms with Crippen LogP contribution in [0.4, 0.5) is 0 Å². The number of aromatic nitrogens is 3. The van der Waals surface area contributed by atoms with Crippen molar-refractivity contribution in [1.29, 1.82) is 0 Å². The molecule has 0 bridgehead atoms. The van der Waals surface area contributed by atoms with Gasteiger partial charge in [-0.1, -0.05) is 29.8 Å². The van der Waals surface area contributed by atoms with Crippen molar-refractivity contribution in [3.63, 3.8) is 0 Å². The summed E-state index contributed by atoms with van der Waals surface area (Å²) in [5, 5.41) is 1.09. The fourth-order valence-electron chi connectivity index (χ4n) is 2.21. The van der Waals surface area contributed by atoms with Crippen LogP contribution in [0.15, 0.2) is 33.9 Å². The Morgan fingerprint density at radius 3 is 2.53 bits per heavy atom. The van der Waals surface area contributed by atoms with Crippen LogP contribution in [0.2, 0.25) is 5.02 Å². The topological polar surface area (TPSA) is 56.9 Å². The van der Waals surface area contributed by atoms with Crippen molar-refractivity contribution < 1.29 is 0 Å². The van der Waals surface area contributed by atoms with Gasteiger partial charge in [-0.25, -0.2) is 4.79 Å². The number of hydrogen-bond acceptors (Lipinski definition) is 3. The molecule has 0 spiro atoms. The van der Waals surface area contributed by atoms with Gasteiger partial charge in [0, 0.05) is 19.5 Å². The zero-order valence-corrected chi connectivity index (χ0v) is 11.1. The van der Waals surface area contributed by atoms with Gasteiger partial charge < -0.3 is 4.57 Å². The number of fused-ring (bicyclic) bond motifs is 2. The molecular weight excluding hydrogens is 266 g/mol. The van der Waals surface area contributed by atoms with E-state index in [-0.39, 0.29) is 5.56 Å². The number of rotatable bonds is 0. The van der Waals surface area contributed by atoms with Gasteiger partial charge in [-0.3, -0.25) is 9.36 Å². The summed E-state index contributed by atoms with van der Waals surface area (Å²) in [6, 6.07) is 7.41. The van der Waals surface area contributed by atoms with Gasteiger partial charge in [-0.2, -0.15) is 4.98 Å². The van der Waals surface area contributed by atoms with E-state index in [1.54, 1.807) is 11.6 Å². The molecule has 0 saturated heterocycles. The van der Waals surface area contributed by atoms with E-state index in [0.717, 1.165) is 15.5 Å². The summed E-state index contributed by atoms with van der Waals surface area (Å²) < 4.78 is 2.67. The Hall–Kier alpha value is -2.14. The van der Waals surface area contributed by atoms with Gasteiger partial charge in [-0.15, -0.1) is 0 Å². The average Bonchev–Trinajstić information content (AvgIpc) is 2.42. The number of hydrogen-bond donors (Lipinski definition) is 0. The van der Waals surface area contributed by atoms with E-state index in [9.17, 15) is 9.59 Å². The molecule has 1 aromatic carbocycles. The number of aryl methyl sites for hydroxylation is 1. The monoisotopic (exact) mass is 275 g/mol. The minimum atomic E-state index is -0.584. The lowest BCUT2D eigenvalue weighted by atomic mass is 10.1. The molecule has 19 heavy (non-hydrogen) atoms. The predicted octanol–water partition coefficient (Wildman–Crippen LogP) is 1.39. The van der Waals surface area contributed by atoms with Crippen molar-refractivity contribution in [2.75, 3.05) is 0 Å². The summed E-state index contributed by atoms with van der Waals surface area (Å²) in [6.45, 7) is 0. The molecule has 6 heteroatoms. The van der Waals surface area contributed by atoms with Crippen LogP contribution in [0.5, 0.6) is 0 Å². The van der Waals surface area contributed by atoms with E-state index in [0.29, 0.717) is 10.8 Å². The Kier molecular flexibility index (Phi) is 2.46. The van der Waals surface area contributed by atoms with Crippen molar-refractivity contribution in [1.82, 2.24) is 14.1 Å². The lowest BCUT2D eigenvalue weighted by molar-refractivity contribution is 0.757. The Labute approximate surface area is 113 Å². The minimum Gasteiger partial charge on any atom is -0.328 e. The zero-order chi connectivity index (χ0) is 13.7. The Balaban J connectivity index is 2.73. The van der Waals surface area contributed by atoms with Gasteiger partial charge in [0.2, 0.25) is 0 Å². The highest BCUT2D eigenvalue weighted by Gasteiger charge is 2.21. The van der Waals surface area contributed by atoms with E-state index in [2.05, 4.69) is 4.98 Å². The van der Waals surface area contributed by atoms with Crippen LogP contribution in [-0.4, -0.2) is 14.1 Å². The van der Waals surface area contributed by atoms with Crippen molar-refractivity contribution in [2.45, 2.75) is 0 Å². The van der Waals surface area contributed by atoms with Crippen molar-refractivity contribution >= 4 is 22.5 Å². The molecular formula is C13H10ClN3O2. The SMILES string of the molecule is Cn1c(=O)nc2n(C)c3ccccc3c(Cl)c-2c1=O. The molecule has 0 radical (unpaired) electrons. The molecule has 0 atom stereocenters. The van der Waals surface area contributed by atoms with Gasteiger partial charge >= 0.3 is 5.69 Å². The minimum absolute atomic E-state index is 0.268. The maximum absolute atomic E-state index is 12.2. The molecule has 0 aliphatic carbocycles. The second kappa shape index (κ2) is 3.93. The fourth-order valence-corrected chi connectivity index (χ4v) is 2.53. The van der Waals surface area contributed by atoms with Crippen molar-refractivity contribution in [2.24, 2.45) is 14.1 Å². The van der Waals surface area contributed by atoms with E-state index in [1.807, 2.05) is 24.3 Å². The molecule has 96 valence electrons. The highest BCUT2D eigenvalue weighted by atomic mass is 35.5. The molecule has 0 unspecified atom stereocenters. The van der Waals surface area contributed by atoms with Gasteiger partial charge in [-0.05, 0) is 6.07 Å². The molecule has 2 aliphatic heterocycles. The van der Waals surface area contributed by atoms with Crippen molar-refractivity contribution in [3.05, 3.63) is 50.1 Å². The van der Waals surface area contributed by atoms with Crippen LogP contribution in [0.25, 0.3) is 22.3 Å². The molecule has 0 fully saturated rings. The molecule has 2 aliphatic rings. The third-order valence-corrected chi connectivity index (χ3v) is 3.66. The summed E-state index contributed by atoms with van der Waals surface area (Å²) in [5.74, 6) is 0.303. The lowest BCUT2D eigenvalue weighted by Gasteiger charge is -2.16. The summed E-state index contributed by atoms with van der Waals surface area (Å²) in [5.41, 5.74) is 0.0749. The maximum atomic E-state index is 12.2. The van der Waals surface area contributed by atoms with Crippen LogP contribution < -0.4 is 11.2 Å². The van der Waals surface area contributed by atoms with Crippen LogP contribution in [-0.2, 0) is 14.1 Å². The molecule has 0 amide bonds. The normalized spacial score (nSPS) is 11.3. The molecule has 0 N–H and O–H groups in total. The molecule has 0 aromatic heterocycles. The van der Waals surface area contributed by atoms with E-state index in [4.69, 9.17) is 11.6 Å². The number of pyridine rings is 1. The first-order chi connectivity index (χ1) is 9.02. The van der Waals surface area contributed by atoms with Crippen LogP contribution >= 0.6 is 11.6 Å². The summed E-state index contributed by atoms with van der Waals surface area (Å²) in [7, 11) is 3.15. The first kappa shape index (κ1) is 11.9. The quantitative estimate of drug-likeness (QED) is 0.583. The molecule has 5 nitrogen and oxygen atoms in total. The van der Waals surface area contributed by atoms with E-state index in [1.165, 1.54) is 7.05 Å². The largest absolute Gasteiger partial charge is 0.352 e. The van der Waals surface area contributed by atoms with Gasteiger partial charge in [0.25, 0.3) is 5.56 Å². The summed E-state index contributed by atoms with van der Waals surface area (Å²) in [4.78, 5) is 27.8. The third kappa shape index (κ3) is 1.51. The van der Waals surface area contributed by atoms with E-state index < -0.39 is 11.2 Å². The zero-order valence-electron chi connectivity index (χ0n) is 10.3. The Bertz CT molecular complexity index is 895. The molecule has 3 rings (SSSR count). The molecule has 2 heterocycles. The number of para-hydroxylation sites is 1. The second-order valence-electron chi connectivity index (χ2n) is 4.35. The first-order valence-electron chi connectivity index (χ1n) is 5.66. The third-order valence-electron chi connectivity index (χ3n) is 3.27. The molecule has 0 saturated carbocycles. The Morgan fingerprint density at radius 2 is 1.79 bits per heavy atom. The second-order valence-corrected chi connectivity index (χ2v) is 4.73. The standard InChI is InChI=1S/C13H10ClN3O2/c1-16-8-6-4-3-5-7(8)10(14)9-11(16)15-13(19)17(2)12(9)18/h3-6H,1-2H3. The number of nitrogens with zero attached hydrogens (tertiary/aromatic N) is 3. The lowest BCUT2D eigenvalue weighted by Crippen LogP contribution is -2.35. The van der Waals surface area contributed by atoms with Crippen LogP contribution in [0.1, 0.15) is 0 Å².